The van der Waals surface area contributed by atoms with Gasteiger partial charge in [-0.3, -0.25) is 5.43 Å². The molecule has 0 spiro atoms. The van der Waals surface area contributed by atoms with Crippen molar-refractivity contribution in [2.75, 3.05) is 5.43 Å². The lowest BCUT2D eigenvalue weighted by Gasteiger charge is -2.07. The Morgan fingerprint density at radius 2 is 1.96 bits per heavy atom. The van der Waals surface area contributed by atoms with Gasteiger partial charge in [0.25, 0.3) is 0 Å². The molecule has 1 heterocycles. The molecule has 0 unspecified atom stereocenters. The molecule has 3 rings (SSSR count). The highest BCUT2D eigenvalue weighted by Crippen LogP contribution is 2.23. The van der Waals surface area contributed by atoms with E-state index in [2.05, 4.69) is 21.6 Å². The monoisotopic (exact) mass is 350 g/mol. The van der Waals surface area contributed by atoms with Crippen LogP contribution < -0.4 is 5.43 Å². The van der Waals surface area contributed by atoms with Crippen molar-refractivity contribution in [3.63, 3.8) is 0 Å². The van der Waals surface area contributed by atoms with E-state index in [0.717, 1.165) is 22.4 Å². The molecule has 0 aliphatic carbocycles. The summed E-state index contributed by atoms with van der Waals surface area (Å²) in [6.07, 6.45) is 0. The van der Waals surface area contributed by atoms with Crippen molar-refractivity contribution >= 4 is 22.7 Å². The van der Waals surface area contributed by atoms with Crippen LogP contribution in [0.5, 0.6) is 0 Å². The average Bonchev–Trinajstić information content (AvgIpc) is 3.09. The average molecular weight is 350 g/mol. The fourth-order valence-corrected chi connectivity index (χ4v) is 3.01. The molecular weight excluding hydrogens is 335 g/mol. The molecule has 0 fully saturated rings. The minimum Gasteiger partial charge on any atom is -0.277 e. The van der Waals surface area contributed by atoms with Crippen molar-refractivity contribution in [3.8, 4) is 17.3 Å². The predicted molar refractivity (Wildman–Crippen MR) is 99.2 cm³/mol. The molecule has 0 saturated carbocycles. The molecule has 0 radical (unpaired) electrons. The molecule has 0 saturated heterocycles. The fraction of sp³-hybridized carbons (Fsp3) is 0.105. The maximum atomic E-state index is 13.0. The van der Waals surface area contributed by atoms with Crippen LogP contribution in [0.3, 0.4) is 0 Å². The van der Waals surface area contributed by atoms with Crippen LogP contribution in [-0.2, 0) is 0 Å². The Morgan fingerprint density at radius 1 is 1.20 bits per heavy atom. The highest BCUT2D eigenvalue weighted by atomic mass is 32.1. The van der Waals surface area contributed by atoms with Gasteiger partial charge in [0, 0.05) is 10.9 Å². The summed E-state index contributed by atoms with van der Waals surface area (Å²) in [5.41, 5.74) is 7.71. The number of anilines is 1. The van der Waals surface area contributed by atoms with E-state index in [1.165, 1.54) is 23.5 Å². The van der Waals surface area contributed by atoms with Crippen LogP contribution in [0, 0.1) is 31.0 Å². The summed E-state index contributed by atoms with van der Waals surface area (Å²) in [7, 11) is 0. The van der Waals surface area contributed by atoms with Crippen LogP contribution in [0.25, 0.3) is 11.3 Å². The Morgan fingerprint density at radius 3 is 2.68 bits per heavy atom. The molecule has 0 aliphatic rings. The van der Waals surface area contributed by atoms with Gasteiger partial charge >= 0.3 is 0 Å². The summed E-state index contributed by atoms with van der Waals surface area (Å²) in [5.74, 6) is -0.295. The second-order valence-corrected chi connectivity index (χ2v) is 6.33. The highest BCUT2D eigenvalue weighted by Gasteiger charge is 2.11. The molecule has 0 aliphatic heterocycles. The molecule has 2 aromatic carbocycles. The van der Waals surface area contributed by atoms with Crippen LogP contribution in [0.2, 0.25) is 0 Å². The van der Waals surface area contributed by atoms with E-state index < -0.39 is 0 Å². The van der Waals surface area contributed by atoms with Gasteiger partial charge in [0.05, 0.1) is 11.4 Å². The van der Waals surface area contributed by atoms with E-state index in [9.17, 15) is 9.65 Å². The molecule has 1 aromatic heterocycles. The van der Waals surface area contributed by atoms with E-state index >= 15 is 0 Å². The van der Waals surface area contributed by atoms with Crippen molar-refractivity contribution in [1.82, 2.24) is 4.98 Å². The Labute approximate surface area is 149 Å². The van der Waals surface area contributed by atoms with Crippen molar-refractivity contribution in [2.45, 2.75) is 13.8 Å². The first-order chi connectivity index (χ1) is 12.1. The zero-order valence-corrected chi connectivity index (χ0v) is 14.6. The van der Waals surface area contributed by atoms with Gasteiger partial charge < -0.3 is 0 Å². The maximum Gasteiger partial charge on any atom is 0.196 e. The first-order valence-corrected chi connectivity index (χ1v) is 8.48. The summed E-state index contributed by atoms with van der Waals surface area (Å²) in [6.45, 7) is 4.01. The van der Waals surface area contributed by atoms with Gasteiger partial charge in [-0.25, -0.2) is 9.37 Å². The third-order valence-corrected chi connectivity index (χ3v) is 4.69. The largest absolute Gasteiger partial charge is 0.277 e. The molecule has 3 aromatic rings. The Balaban J connectivity index is 1.85. The van der Waals surface area contributed by atoms with Gasteiger partial charge in [-0.05, 0) is 55.3 Å². The SMILES string of the molecule is Cc1cccc(N/N=C(\C#N)c2nc(-c3ccc(F)cc3)cs2)c1C. The Bertz CT molecular complexity index is 968. The van der Waals surface area contributed by atoms with E-state index in [4.69, 9.17) is 0 Å². The zero-order chi connectivity index (χ0) is 17.8. The van der Waals surface area contributed by atoms with E-state index in [-0.39, 0.29) is 11.5 Å². The number of thiazole rings is 1. The van der Waals surface area contributed by atoms with Crippen molar-refractivity contribution < 1.29 is 4.39 Å². The van der Waals surface area contributed by atoms with Gasteiger partial charge in [-0.2, -0.15) is 10.4 Å². The number of nitrogens with one attached hydrogen (secondary N) is 1. The topological polar surface area (TPSA) is 61.1 Å². The summed E-state index contributed by atoms with van der Waals surface area (Å²) < 4.78 is 13.0. The van der Waals surface area contributed by atoms with Gasteiger partial charge in [-0.15, -0.1) is 11.3 Å². The maximum absolute atomic E-state index is 13.0. The lowest BCUT2D eigenvalue weighted by atomic mass is 10.1. The number of hydrogen-bond donors (Lipinski definition) is 1. The summed E-state index contributed by atoms with van der Waals surface area (Å²) >= 11 is 1.33. The first kappa shape index (κ1) is 16.8. The second kappa shape index (κ2) is 7.24. The normalized spacial score (nSPS) is 11.2. The van der Waals surface area contributed by atoms with Crippen LogP contribution >= 0.6 is 11.3 Å². The lowest BCUT2D eigenvalue weighted by Crippen LogP contribution is -2.02. The molecule has 6 heteroatoms. The molecular formula is C19H15FN4S. The molecule has 4 nitrogen and oxygen atoms in total. The highest BCUT2D eigenvalue weighted by molar-refractivity contribution is 7.12. The number of hydrogen-bond acceptors (Lipinski definition) is 5. The van der Waals surface area contributed by atoms with E-state index in [1.54, 1.807) is 12.1 Å². The van der Waals surface area contributed by atoms with Gasteiger partial charge in [-0.1, -0.05) is 12.1 Å². The van der Waals surface area contributed by atoms with Crippen LogP contribution in [0.15, 0.2) is 52.9 Å². The minimum atomic E-state index is -0.295. The lowest BCUT2D eigenvalue weighted by molar-refractivity contribution is 0.628. The summed E-state index contributed by atoms with van der Waals surface area (Å²) in [4.78, 5) is 4.44. The number of benzene rings is 2. The van der Waals surface area contributed by atoms with Crippen LogP contribution in [0.4, 0.5) is 10.1 Å². The zero-order valence-electron chi connectivity index (χ0n) is 13.7. The fourth-order valence-electron chi connectivity index (χ4n) is 2.24. The predicted octanol–water partition coefficient (Wildman–Crippen LogP) is 4.91. The van der Waals surface area contributed by atoms with Crippen LogP contribution in [0.1, 0.15) is 16.1 Å². The van der Waals surface area contributed by atoms with E-state index in [1.807, 2.05) is 37.4 Å². The molecule has 0 amide bonds. The second-order valence-electron chi connectivity index (χ2n) is 5.48. The summed E-state index contributed by atoms with van der Waals surface area (Å²) in [6, 6.07) is 14.0. The third kappa shape index (κ3) is 3.73. The smallest absolute Gasteiger partial charge is 0.196 e. The minimum absolute atomic E-state index is 0.208. The first-order valence-electron chi connectivity index (χ1n) is 7.60. The molecule has 0 bridgehead atoms. The van der Waals surface area contributed by atoms with Crippen molar-refractivity contribution in [1.29, 1.82) is 5.26 Å². The number of rotatable bonds is 4. The van der Waals surface area contributed by atoms with Gasteiger partial charge in [0.2, 0.25) is 0 Å². The molecule has 124 valence electrons. The summed E-state index contributed by atoms with van der Waals surface area (Å²) in [5, 5.41) is 15.9. The number of aryl methyl sites for hydroxylation is 1. The van der Waals surface area contributed by atoms with Gasteiger partial charge in [0.15, 0.2) is 10.7 Å². The Kier molecular flexibility index (Phi) is 4.87. The number of hydrazone groups is 1. The molecule has 1 N–H and O–H groups in total. The number of nitrogens with zero attached hydrogens (tertiary/aromatic N) is 3. The van der Waals surface area contributed by atoms with E-state index in [0.29, 0.717) is 10.7 Å². The Hall–Kier alpha value is -3.04. The van der Waals surface area contributed by atoms with Crippen molar-refractivity contribution in [2.24, 2.45) is 5.10 Å². The third-order valence-electron chi connectivity index (χ3n) is 3.85. The number of halogens is 1. The number of nitriles is 1. The quantitative estimate of drug-likeness (QED) is 0.537. The van der Waals surface area contributed by atoms with Crippen molar-refractivity contribution in [3.05, 3.63) is 69.8 Å². The molecule has 0 atom stereocenters. The van der Waals surface area contributed by atoms with Crippen LogP contribution in [-0.4, -0.2) is 10.7 Å². The standard InChI is InChI=1S/C19H15FN4S/c1-12-4-3-5-16(13(12)2)23-24-17(10-21)19-22-18(11-25-19)14-6-8-15(20)9-7-14/h3-9,11,23H,1-2H3/b24-17+. The molecule has 25 heavy (non-hydrogen) atoms. The number of aromatic nitrogens is 1. The van der Waals surface area contributed by atoms with Gasteiger partial charge in [0.1, 0.15) is 11.9 Å².